The lowest BCUT2D eigenvalue weighted by Gasteiger charge is -2.35. The Morgan fingerprint density at radius 3 is 2.79 bits per heavy atom. The quantitative estimate of drug-likeness (QED) is 0.700. The number of hydrogen-bond acceptors (Lipinski definition) is 2. The van der Waals surface area contributed by atoms with Crippen LogP contribution >= 0.6 is 0 Å². The van der Waals surface area contributed by atoms with E-state index in [1.165, 1.54) is 60.9 Å². The van der Waals surface area contributed by atoms with Crippen molar-refractivity contribution in [2.45, 2.75) is 37.6 Å². The predicted molar refractivity (Wildman–Crippen MR) is 97.6 cm³/mol. The van der Waals surface area contributed by atoms with Crippen LogP contribution in [-0.2, 0) is 0 Å². The molecule has 2 aliphatic rings. The van der Waals surface area contributed by atoms with E-state index in [0.717, 1.165) is 12.0 Å². The van der Waals surface area contributed by atoms with Gasteiger partial charge in [0.25, 0.3) is 0 Å². The van der Waals surface area contributed by atoms with Gasteiger partial charge in [0, 0.05) is 30.3 Å². The van der Waals surface area contributed by atoms with Gasteiger partial charge in [-0.2, -0.15) is 0 Å². The Hall–Kier alpha value is -2.13. The van der Waals surface area contributed by atoms with Crippen molar-refractivity contribution in [3.63, 3.8) is 0 Å². The first-order chi connectivity index (χ1) is 11.9. The zero-order valence-corrected chi connectivity index (χ0v) is 13.9. The predicted octanol–water partition coefficient (Wildman–Crippen LogP) is 4.37. The monoisotopic (exact) mass is 317 g/mol. The van der Waals surface area contributed by atoms with Crippen LogP contribution in [0.15, 0.2) is 55.0 Å². The standard InChI is InChI=1S/C21H23N3/c1-2-20-14-18(7-12-23(20)11-1)17-4-3-16-8-13-24(21(16)15-17)19-5-9-22-10-6-19/h3-6,8-10,13,15,18,20H,1-2,7,11-12,14H2. The number of fused-ring (bicyclic) bond motifs is 2. The van der Waals surface area contributed by atoms with Gasteiger partial charge in [0.2, 0.25) is 0 Å². The first-order valence-electron chi connectivity index (χ1n) is 9.14. The number of pyridine rings is 1. The van der Waals surface area contributed by atoms with Gasteiger partial charge in [-0.05, 0) is 79.9 Å². The Kier molecular flexibility index (Phi) is 3.41. The van der Waals surface area contributed by atoms with Crippen molar-refractivity contribution in [3.8, 4) is 5.69 Å². The summed E-state index contributed by atoms with van der Waals surface area (Å²) in [5.74, 6) is 0.717. The molecule has 0 saturated carbocycles. The third kappa shape index (κ3) is 2.35. The number of aromatic nitrogens is 2. The molecule has 5 rings (SSSR count). The van der Waals surface area contributed by atoms with E-state index in [1.807, 2.05) is 12.4 Å². The fourth-order valence-corrected chi connectivity index (χ4v) is 4.66. The second-order valence-corrected chi connectivity index (χ2v) is 7.26. The second kappa shape index (κ2) is 5.75. The molecular formula is C21H23N3. The molecule has 0 bridgehead atoms. The Labute approximate surface area is 142 Å². The fourth-order valence-electron chi connectivity index (χ4n) is 4.66. The Morgan fingerprint density at radius 2 is 1.88 bits per heavy atom. The van der Waals surface area contributed by atoms with Crippen molar-refractivity contribution in [2.75, 3.05) is 13.1 Å². The van der Waals surface area contributed by atoms with Gasteiger partial charge in [-0.1, -0.05) is 12.1 Å². The van der Waals surface area contributed by atoms with Gasteiger partial charge in [0.1, 0.15) is 0 Å². The van der Waals surface area contributed by atoms with E-state index in [4.69, 9.17) is 0 Å². The molecule has 2 atom stereocenters. The highest BCUT2D eigenvalue weighted by Gasteiger charge is 2.32. The summed E-state index contributed by atoms with van der Waals surface area (Å²) in [6.07, 6.45) is 11.3. The van der Waals surface area contributed by atoms with Crippen LogP contribution in [-0.4, -0.2) is 33.6 Å². The van der Waals surface area contributed by atoms with Crippen molar-refractivity contribution < 1.29 is 0 Å². The molecule has 3 heteroatoms. The molecule has 2 saturated heterocycles. The van der Waals surface area contributed by atoms with E-state index < -0.39 is 0 Å². The zero-order chi connectivity index (χ0) is 15.9. The van der Waals surface area contributed by atoms with Crippen molar-refractivity contribution in [1.82, 2.24) is 14.5 Å². The average Bonchev–Trinajstić information content (AvgIpc) is 3.28. The van der Waals surface area contributed by atoms with E-state index in [1.54, 1.807) is 0 Å². The molecule has 0 radical (unpaired) electrons. The minimum absolute atomic E-state index is 0.717. The molecule has 3 nitrogen and oxygen atoms in total. The maximum absolute atomic E-state index is 4.14. The smallest absolute Gasteiger partial charge is 0.0531 e. The van der Waals surface area contributed by atoms with Gasteiger partial charge in [-0.15, -0.1) is 0 Å². The maximum atomic E-state index is 4.14. The molecule has 3 aromatic rings. The van der Waals surface area contributed by atoms with Gasteiger partial charge < -0.3 is 9.47 Å². The van der Waals surface area contributed by atoms with Crippen molar-refractivity contribution in [3.05, 3.63) is 60.6 Å². The van der Waals surface area contributed by atoms with Crippen LogP contribution in [0.2, 0.25) is 0 Å². The van der Waals surface area contributed by atoms with E-state index in [-0.39, 0.29) is 0 Å². The molecule has 0 aliphatic carbocycles. The van der Waals surface area contributed by atoms with Gasteiger partial charge in [-0.3, -0.25) is 4.98 Å². The van der Waals surface area contributed by atoms with E-state index in [2.05, 4.69) is 57.0 Å². The second-order valence-electron chi connectivity index (χ2n) is 7.26. The van der Waals surface area contributed by atoms with Crippen LogP contribution in [0.3, 0.4) is 0 Å². The topological polar surface area (TPSA) is 21.1 Å². The normalized spacial score (nSPS) is 24.3. The van der Waals surface area contributed by atoms with Crippen LogP contribution < -0.4 is 0 Å². The van der Waals surface area contributed by atoms with Crippen molar-refractivity contribution in [1.29, 1.82) is 0 Å². The number of hydrogen-bond donors (Lipinski definition) is 0. The highest BCUT2D eigenvalue weighted by atomic mass is 15.2. The minimum atomic E-state index is 0.717. The SMILES string of the molecule is c1cc(-n2ccc3ccc(C4CCN5CCCC5C4)cc32)ccn1. The summed E-state index contributed by atoms with van der Waals surface area (Å²) in [7, 11) is 0. The third-order valence-electron chi connectivity index (χ3n) is 5.95. The summed E-state index contributed by atoms with van der Waals surface area (Å²) in [5.41, 5.74) is 4.01. The lowest BCUT2D eigenvalue weighted by Crippen LogP contribution is -2.37. The van der Waals surface area contributed by atoms with Gasteiger partial charge >= 0.3 is 0 Å². The Balaban J connectivity index is 1.51. The van der Waals surface area contributed by atoms with Crippen LogP contribution in [0.1, 0.15) is 37.2 Å². The number of rotatable bonds is 2. The zero-order valence-electron chi connectivity index (χ0n) is 13.9. The number of piperidine rings is 1. The Bertz CT molecular complexity index is 852. The van der Waals surface area contributed by atoms with Crippen LogP contribution in [0.5, 0.6) is 0 Å². The van der Waals surface area contributed by atoms with Gasteiger partial charge in [0.05, 0.1) is 5.52 Å². The highest BCUT2D eigenvalue weighted by molar-refractivity contribution is 5.82. The summed E-state index contributed by atoms with van der Waals surface area (Å²) in [6.45, 7) is 2.60. The summed E-state index contributed by atoms with van der Waals surface area (Å²) >= 11 is 0. The van der Waals surface area contributed by atoms with Crippen LogP contribution in [0.4, 0.5) is 0 Å². The molecule has 2 unspecified atom stereocenters. The number of benzene rings is 1. The first kappa shape index (κ1) is 14.2. The highest BCUT2D eigenvalue weighted by Crippen LogP contribution is 2.37. The summed E-state index contributed by atoms with van der Waals surface area (Å²) < 4.78 is 2.28. The Morgan fingerprint density at radius 1 is 0.958 bits per heavy atom. The average molecular weight is 317 g/mol. The molecule has 2 aromatic heterocycles. The van der Waals surface area contributed by atoms with E-state index in [9.17, 15) is 0 Å². The van der Waals surface area contributed by atoms with E-state index in [0.29, 0.717) is 0 Å². The molecule has 122 valence electrons. The van der Waals surface area contributed by atoms with Gasteiger partial charge in [-0.25, -0.2) is 0 Å². The molecule has 1 aromatic carbocycles. The molecule has 0 N–H and O–H groups in total. The summed E-state index contributed by atoms with van der Waals surface area (Å²) in [6, 6.07) is 14.3. The molecule has 2 aliphatic heterocycles. The summed E-state index contributed by atoms with van der Waals surface area (Å²) in [5, 5.41) is 1.31. The van der Waals surface area contributed by atoms with Crippen LogP contribution in [0.25, 0.3) is 16.6 Å². The first-order valence-corrected chi connectivity index (χ1v) is 9.14. The minimum Gasteiger partial charge on any atom is -0.316 e. The molecule has 4 heterocycles. The van der Waals surface area contributed by atoms with Crippen molar-refractivity contribution >= 4 is 10.9 Å². The molecule has 0 spiro atoms. The van der Waals surface area contributed by atoms with Crippen molar-refractivity contribution in [2.24, 2.45) is 0 Å². The maximum Gasteiger partial charge on any atom is 0.0531 e. The van der Waals surface area contributed by atoms with Crippen LogP contribution in [0, 0.1) is 0 Å². The lowest BCUT2D eigenvalue weighted by molar-refractivity contribution is 0.181. The molecule has 24 heavy (non-hydrogen) atoms. The lowest BCUT2D eigenvalue weighted by atomic mass is 9.85. The third-order valence-corrected chi connectivity index (χ3v) is 5.95. The van der Waals surface area contributed by atoms with Gasteiger partial charge in [0.15, 0.2) is 0 Å². The fraction of sp³-hybridized carbons (Fsp3) is 0.381. The summed E-state index contributed by atoms with van der Waals surface area (Å²) in [4.78, 5) is 6.84. The molecule has 2 fully saturated rings. The molecule has 0 amide bonds. The number of nitrogens with zero attached hydrogens (tertiary/aromatic N) is 3. The molecular weight excluding hydrogens is 294 g/mol. The van der Waals surface area contributed by atoms with E-state index >= 15 is 0 Å². The largest absolute Gasteiger partial charge is 0.316 e.